The highest BCUT2D eigenvalue weighted by atomic mass is 32.1. The van der Waals surface area contributed by atoms with Gasteiger partial charge in [-0.15, -0.1) is 11.3 Å². The van der Waals surface area contributed by atoms with Gasteiger partial charge in [-0.3, -0.25) is 9.59 Å². The molecular weight excluding hydrogens is 570 g/mol. The minimum Gasteiger partial charge on any atom is -0.493 e. The molecule has 224 valence electrons. The van der Waals surface area contributed by atoms with E-state index in [1.807, 2.05) is 30.3 Å². The summed E-state index contributed by atoms with van der Waals surface area (Å²) in [5, 5.41) is 4.91. The molecule has 1 N–H and O–H groups in total. The maximum absolute atomic E-state index is 13.7. The lowest BCUT2D eigenvalue weighted by atomic mass is 10.0. The number of carbonyl (C=O) groups is 3. The predicted molar refractivity (Wildman–Crippen MR) is 164 cm³/mol. The third kappa shape index (κ3) is 7.52. The second-order valence-electron chi connectivity index (χ2n) is 9.24. The van der Waals surface area contributed by atoms with E-state index >= 15 is 0 Å². The van der Waals surface area contributed by atoms with Gasteiger partial charge in [-0.1, -0.05) is 60.7 Å². The molecule has 0 saturated heterocycles. The van der Waals surface area contributed by atoms with Crippen LogP contribution in [0, 0.1) is 0 Å². The molecule has 0 aliphatic rings. The van der Waals surface area contributed by atoms with E-state index in [2.05, 4.69) is 5.32 Å². The van der Waals surface area contributed by atoms with Gasteiger partial charge >= 0.3 is 11.9 Å². The smallest absolute Gasteiger partial charge is 0.341 e. The summed E-state index contributed by atoms with van der Waals surface area (Å²) in [6.45, 7) is 1.89. The summed E-state index contributed by atoms with van der Waals surface area (Å²) in [5.41, 5.74) is 2.93. The van der Waals surface area contributed by atoms with Gasteiger partial charge in [-0.25, -0.2) is 4.79 Å². The van der Waals surface area contributed by atoms with Crippen LogP contribution in [0.4, 0.5) is 5.00 Å². The van der Waals surface area contributed by atoms with E-state index in [4.69, 9.17) is 23.7 Å². The lowest BCUT2D eigenvalue weighted by Crippen LogP contribution is -2.26. The Morgan fingerprint density at radius 1 is 0.860 bits per heavy atom. The van der Waals surface area contributed by atoms with Crippen LogP contribution in [-0.2, 0) is 25.5 Å². The molecule has 1 heterocycles. The summed E-state index contributed by atoms with van der Waals surface area (Å²) in [4.78, 5) is 39.7. The Labute approximate surface area is 254 Å². The first-order valence-corrected chi connectivity index (χ1v) is 14.5. The molecule has 0 fully saturated rings. The summed E-state index contributed by atoms with van der Waals surface area (Å²) >= 11 is 1.20. The first-order valence-electron chi connectivity index (χ1n) is 13.6. The zero-order chi connectivity index (χ0) is 30.8. The number of methoxy groups -OCH3 is 3. The number of hydrogen-bond donors (Lipinski definition) is 1. The van der Waals surface area contributed by atoms with Crippen LogP contribution < -0.4 is 19.5 Å². The fourth-order valence-electron chi connectivity index (χ4n) is 4.48. The molecule has 0 radical (unpaired) electrons. The Balaban J connectivity index is 1.56. The van der Waals surface area contributed by atoms with Gasteiger partial charge in [0.2, 0.25) is 11.9 Å². The molecule has 0 aliphatic carbocycles. The van der Waals surface area contributed by atoms with Crippen molar-refractivity contribution in [3.05, 3.63) is 94.9 Å². The van der Waals surface area contributed by atoms with E-state index in [0.717, 1.165) is 11.1 Å². The highest BCUT2D eigenvalue weighted by Crippen LogP contribution is 2.39. The van der Waals surface area contributed by atoms with Gasteiger partial charge < -0.3 is 29.0 Å². The van der Waals surface area contributed by atoms with Crippen LogP contribution in [0.15, 0.2) is 78.2 Å². The van der Waals surface area contributed by atoms with Crippen LogP contribution in [0.2, 0.25) is 0 Å². The quantitative estimate of drug-likeness (QED) is 0.173. The summed E-state index contributed by atoms with van der Waals surface area (Å²) in [5.74, 6) is -0.358. The molecule has 4 aromatic rings. The number of carbonyl (C=O) groups excluding carboxylic acids is 3. The lowest BCUT2D eigenvalue weighted by Gasteiger charge is -2.18. The number of aryl methyl sites for hydroxylation is 1. The molecular formula is C33H33NO8S. The number of ether oxygens (including phenoxy) is 5. The zero-order valence-corrected chi connectivity index (χ0v) is 25.2. The van der Waals surface area contributed by atoms with Crippen molar-refractivity contribution in [2.45, 2.75) is 25.9 Å². The van der Waals surface area contributed by atoms with Crippen molar-refractivity contribution < 1.29 is 38.1 Å². The van der Waals surface area contributed by atoms with E-state index < -0.39 is 23.9 Å². The third-order valence-electron chi connectivity index (χ3n) is 6.52. The molecule has 0 unspecified atom stereocenters. The fourth-order valence-corrected chi connectivity index (χ4v) is 5.44. The van der Waals surface area contributed by atoms with E-state index in [9.17, 15) is 14.4 Å². The normalized spacial score (nSPS) is 11.3. The average molecular weight is 604 g/mol. The van der Waals surface area contributed by atoms with Crippen molar-refractivity contribution in [2.24, 2.45) is 0 Å². The van der Waals surface area contributed by atoms with Gasteiger partial charge in [-0.2, -0.15) is 0 Å². The zero-order valence-electron chi connectivity index (χ0n) is 24.4. The summed E-state index contributed by atoms with van der Waals surface area (Å²) < 4.78 is 27.2. The second kappa shape index (κ2) is 14.9. The third-order valence-corrected chi connectivity index (χ3v) is 7.42. The summed E-state index contributed by atoms with van der Waals surface area (Å²) in [6, 6.07) is 21.6. The van der Waals surface area contributed by atoms with Gasteiger partial charge in [0.25, 0.3) is 5.91 Å². The van der Waals surface area contributed by atoms with Crippen molar-refractivity contribution in [1.29, 1.82) is 0 Å². The Hall–Kier alpha value is -4.83. The number of nitrogens with one attached hydrogen (secondary N) is 1. The molecule has 43 heavy (non-hydrogen) atoms. The van der Waals surface area contributed by atoms with Crippen LogP contribution in [0.5, 0.6) is 17.2 Å². The number of hydrogen-bond acceptors (Lipinski definition) is 9. The highest BCUT2D eigenvalue weighted by Gasteiger charge is 2.29. The van der Waals surface area contributed by atoms with Gasteiger partial charge in [0, 0.05) is 22.9 Å². The van der Waals surface area contributed by atoms with Crippen LogP contribution in [0.1, 0.15) is 40.9 Å². The molecule has 3 aromatic carbocycles. The first-order chi connectivity index (χ1) is 20.9. The lowest BCUT2D eigenvalue weighted by molar-refractivity contribution is -0.154. The molecule has 1 atom stereocenters. The summed E-state index contributed by atoms with van der Waals surface area (Å²) in [7, 11) is 4.55. The minimum absolute atomic E-state index is 0.0134. The molecule has 10 heteroatoms. The highest BCUT2D eigenvalue weighted by molar-refractivity contribution is 7.15. The second-order valence-corrected chi connectivity index (χ2v) is 10.1. The predicted octanol–water partition coefficient (Wildman–Crippen LogP) is 6.47. The average Bonchev–Trinajstić information content (AvgIpc) is 3.46. The standard InChI is InChI=1S/C33H33NO8S/c1-5-41-33(37)28-24(22-12-8-6-9-13-22)20-43-32(28)34-31(36)29(23-14-10-7-11-15-23)42-27(35)17-16-21-18-25(38-2)30(40-4)26(19-21)39-3/h6-15,18-20,29H,5,16-17H2,1-4H3,(H,34,36)/t29-/m0/s1. The van der Waals surface area contributed by atoms with E-state index in [-0.39, 0.29) is 18.6 Å². The molecule has 0 spiro atoms. The Morgan fingerprint density at radius 2 is 1.49 bits per heavy atom. The van der Waals surface area contributed by atoms with Crippen LogP contribution in [0.25, 0.3) is 11.1 Å². The monoisotopic (exact) mass is 603 g/mol. The van der Waals surface area contributed by atoms with E-state index in [0.29, 0.717) is 39.8 Å². The number of anilines is 1. The van der Waals surface area contributed by atoms with Crippen molar-refractivity contribution in [3.8, 4) is 28.4 Å². The van der Waals surface area contributed by atoms with E-state index in [1.54, 1.807) is 54.8 Å². The molecule has 0 saturated carbocycles. The molecule has 0 bridgehead atoms. The van der Waals surface area contributed by atoms with Crippen molar-refractivity contribution in [3.63, 3.8) is 0 Å². The number of thiophene rings is 1. The number of benzene rings is 3. The molecule has 9 nitrogen and oxygen atoms in total. The molecule has 4 rings (SSSR count). The van der Waals surface area contributed by atoms with Gasteiger partial charge in [-0.05, 0) is 36.6 Å². The van der Waals surface area contributed by atoms with Gasteiger partial charge in [0.1, 0.15) is 10.6 Å². The number of rotatable bonds is 13. The minimum atomic E-state index is -1.26. The number of esters is 2. The molecule has 0 aliphatic heterocycles. The van der Waals surface area contributed by atoms with Crippen LogP contribution in [0.3, 0.4) is 0 Å². The first kappa shape index (κ1) is 31.1. The largest absolute Gasteiger partial charge is 0.493 e. The molecule has 1 amide bonds. The Bertz CT molecular complexity index is 1530. The van der Waals surface area contributed by atoms with Crippen molar-refractivity contribution >= 4 is 34.2 Å². The van der Waals surface area contributed by atoms with Crippen molar-refractivity contribution in [1.82, 2.24) is 0 Å². The van der Waals surface area contributed by atoms with Gasteiger partial charge in [0.05, 0.1) is 27.9 Å². The SMILES string of the molecule is CCOC(=O)c1c(-c2ccccc2)csc1NC(=O)[C@@H](OC(=O)CCc1cc(OC)c(OC)c(OC)c1)c1ccccc1. The Morgan fingerprint density at radius 3 is 2.07 bits per heavy atom. The topological polar surface area (TPSA) is 109 Å². The maximum atomic E-state index is 13.7. The summed E-state index contributed by atoms with van der Waals surface area (Å²) in [6.07, 6.45) is -0.969. The molecule has 1 aromatic heterocycles. The van der Waals surface area contributed by atoms with Crippen LogP contribution >= 0.6 is 11.3 Å². The van der Waals surface area contributed by atoms with Gasteiger partial charge in [0.15, 0.2) is 11.5 Å². The fraction of sp³-hybridized carbons (Fsp3) is 0.242. The maximum Gasteiger partial charge on any atom is 0.341 e. The van der Waals surface area contributed by atoms with Crippen molar-refractivity contribution in [2.75, 3.05) is 33.3 Å². The van der Waals surface area contributed by atoms with E-state index in [1.165, 1.54) is 32.7 Å². The van der Waals surface area contributed by atoms with Crippen LogP contribution in [-0.4, -0.2) is 45.8 Å². The Kier molecular flexibility index (Phi) is 10.8. The number of amides is 1.